The third kappa shape index (κ3) is 5.38. The van der Waals surface area contributed by atoms with Crippen molar-refractivity contribution in [3.8, 4) is 11.4 Å². The number of unbranched alkanes of at least 4 members (excludes halogenated alkanes) is 4. The van der Waals surface area contributed by atoms with E-state index in [4.69, 9.17) is 4.52 Å². The summed E-state index contributed by atoms with van der Waals surface area (Å²) in [6.07, 6.45) is 15.0. The predicted octanol–water partition coefficient (Wildman–Crippen LogP) is 5.81. The van der Waals surface area contributed by atoms with Gasteiger partial charge < -0.3 is 4.52 Å². The Balaban J connectivity index is 1.53. The number of benzene rings is 1. The van der Waals surface area contributed by atoms with Gasteiger partial charge in [0.15, 0.2) is 0 Å². The maximum atomic E-state index is 5.28. The zero-order chi connectivity index (χ0) is 18.0. The molecule has 2 heterocycles. The molecule has 3 rings (SSSR count). The molecule has 3 aromatic rings. The summed E-state index contributed by atoms with van der Waals surface area (Å²) in [7, 11) is 0. The van der Waals surface area contributed by atoms with Gasteiger partial charge >= 0.3 is 0 Å². The number of hydrogen-bond donors (Lipinski definition) is 0. The first kappa shape index (κ1) is 18.1. The van der Waals surface area contributed by atoms with Crippen LogP contribution in [0.4, 0.5) is 0 Å². The van der Waals surface area contributed by atoms with Crippen LogP contribution in [0.15, 0.2) is 53.3 Å². The molecular formula is C22H25N3O. The molecule has 0 radical (unpaired) electrons. The lowest BCUT2D eigenvalue weighted by Gasteiger charge is -2.02. The molecule has 0 unspecified atom stereocenters. The van der Waals surface area contributed by atoms with Crippen molar-refractivity contribution in [2.75, 3.05) is 0 Å². The van der Waals surface area contributed by atoms with E-state index in [0.29, 0.717) is 11.7 Å². The molecule has 0 saturated carbocycles. The first-order chi connectivity index (χ1) is 12.8. The number of aromatic nitrogens is 3. The van der Waals surface area contributed by atoms with Crippen LogP contribution in [0.3, 0.4) is 0 Å². The maximum Gasteiger partial charge on any atom is 0.250 e. The van der Waals surface area contributed by atoms with Crippen LogP contribution in [0.25, 0.3) is 23.5 Å². The Morgan fingerprint density at radius 3 is 2.42 bits per heavy atom. The first-order valence-corrected chi connectivity index (χ1v) is 9.36. The van der Waals surface area contributed by atoms with Crippen molar-refractivity contribution in [3.63, 3.8) is 0 Å². The smallest absolute Gasteiger partial charge is 0.250 e. The van der Waals surface area contributed by atoms with E-state index in [0.717, 1.165) is 17.5 Å². The fourth-order valence-corrected chi connectivity index (χ4v) is 2.82. The maximum absolute atomic E-state index is 5.28. The van der Waals surface area contributed by atoms with E-state index in [2.05, 4.69) is 46.3 Å². The van der Waals surface area contributed by atoms with Crippen LogP contribution in [-0.2, 0) is 6.42 Å². The van der Waals surface area contributed by atoms with E-state index < -0.39 is 0 Å². The van der Waals surface area contributed by atoms with Crippen molar-refractivity contribution in [3.05, 3.63) is 65.8 Å². The zero-order valence-corrected chi connectivity index (χ0v) is 15.3. The average molecular weight is 347 g/mol. The van der Waals surface area contributed by atoms with Crippen LogP contribution in [0.1, 0.15) is 56.0 Å². The summed E-state index contributed by atoms with van der Waals surface area (Å²) in [5, 5.41) is 4.00. The van der Waals surface area contributed by atoms with Crippen molar-refractivity contribution in [2.45, 2.75) is 45.4 Å². The van der Waals surface area contributed by atoms with Gasteiger partial charge in [0.2, 0.25) is 5.82 Å². The lowest BCUT2D eigenvalue weighted by atomic mass is 10.0. The highest BCUT2D eigenvalue weighted by Gasteiger charge is 2.05. The monoisotopic (exact) mass is 347 g/mol. The highest BCUT2D eigenvalue weighted by molar-refractivity contribution is 5.67. The second-order valence-corrected chi connectivity index (χ2v) is 6.43. The normalized spacial score (nSPS) is 11.3. The predicted molar refractivity (Wildman–Crippen MR) is 105 cm³/mol. The Bertz CT molecular complexity index is 807. The molecule has 0 aliphatic carbocycles. The topological polar surface area (TPSA) is 51.8 Å². The number of nitrogens with zero attached hydrogens (tertiary/aromatic N) is 3. The van der Waals surface area contributed by atoms with E-state index in [9.17, 15) is 0 Å². The van der Waals surface area contributed by atoms with Crippen molar-refractivity contribution >= 4 is 12.2 Å². The van der Waals surface area contributed by atoms with Gasteiger partial charge in [-0.3, -0.25) is 4.98 Å². The molecule has 1 aromatic carbocycles. The van der Waals surface area contributed by atoms with E-state index in [-0.39, 0.29) is 0 Å². The number of pyridine rings is 1. The van der Waals surface area contributed by atoms with Gasteiger partial charge in [-0.2, -0.15) is 4.98 Å². The average Bonchev–Trinajstić information content (AvgIpc) is 3.17. The quantitative estimate of drug-likeness (QED) is 0.458. The Morgan fingerprint density at radius 1 is 0.885 bits per heavy atom. The highest BCUT2D eigenvalue weighted by atomic mass is 16.5. The summed E-state index contributed by atoms with van der Waals surface area (Å²) in [6, 6.07) is 12.4. The minimum atomic E-state index is 0.497. The molecule has 4 nitrogen and oxygen atoms in total. The van der Waals surface area contributed by atoms with Crippen LogP contribution in [-0.4, -0.2) is 15.1 Å². The molecular weight excluding hydrogens is 322 g/mol. The third-order valence-corrected chi connectivity index (χ3v) is 4.35. The Morgan fingerprint density at radius 2 is 1.65 bits per heavy atom. The molecule has 0 atom stereocenters. The minimum absolute atomic E-state index is 0.497. The summed E-state index contributed by atoms with van der Waals surface area (Å²) >= 11 is 0. The molecule has 0 spiro atoms. The molecule has 0 saturated heterocycles. The summed E-state index contributed by atoms with van der Waals surface area (Å²) in [5.41, 5.74) is 3.42. The molecule has 0 aliphatic heterocycles. The van der Waals surface area contributed by atoms with Gasteiger partial charge in [0.05, 0.1) is 0 Å². The Labute approximate surface area is 155 Å². The van der Waals surface area contributed by atoms with Crippen molar-refractivity contribution in [1.29, 1.82) is 0 Å². The highest BCUT2D eigenvalue weighted by Crippen LogP contribution is 2.16. The Kier molecular flexibility index (Phi) is 6.71. The van der Waals surface area contributed by atoms with Crippen LogP contribution in [0.2, 0.25) is 0 Å². The van der Waals surface area contributed by atoms with Gasteiger partial charge in [-0.15, -0.1) is 0 Å². The fourth-order valence-electron chi connectivity index (χ4n) is 2.82. The van der Waals surface area contributed by atoms with E-state index in [1.54, 1.807) is 12.4 Å². The second-order valence-electron chi connectivity index (χ2n) is 6.43. The molecule has 0 N–H and O–H groups in total. The molecule has 2 aromatic heterocycles. The number of hydrogen-bond acceptors (Lipinski definition) is 4. The molecule has 26 heavy (non-hydrogen) atoms. The summed E-state index contributed by atoms with van der Waals surface area (Å²) < 4.78 is 5.28. The van der Waals surface area contributed by atoms with Crippen molar-refractivity contribution in [1.82, 2.24) is 15.1 Å². The van der Waals surface area contributed by atoms with E-state index >= 15 is 0 Å². The molecule has 4 heteroatoms. The minimum Gasteiger partial charge on any atom is -0.334 e. The van der Waals surface area contributed by atoms with Crippen LogP contribution in [0, 0.1) is 0 Å². The van der Waals surface area contributed by atoms with Gasteiger partial charge in [-0.05, 0) is 42.2 Å². The third-order valence-electron chi connectivity index (χ3n) is 4.35. The molecule has 0 fully saturated rings. The zero-order valence-electron chi connectivity index (χ0n) is 15.3. The fraction of sp³-hybridized carbons (Fsp3) is 0.318. The first-order valence-electron chi connectivity index (χ1n) is 9.36. The molecule has 134 valence electrons. The van der Waals surface area contributed by atoms with Crippen molar-refractivity contribution in [2.24, 2.45) is 0 Å². The van der Waals surface area contributed by atoms with Gasteiger partial charge in [0.1, 0.15) is 0 Å². The Hall–Kier alpha value is -2.75. The summed E-state index contributed by atoms with van der Waals surface area (Å²) in [4.78, 5) is 8.38. The van der Waals surface area contributed by atoms with Gasteiger partial charge in [0, 0.05) is 24.0 Å². The number of rotatable bonds is 9. The van der Waals surface area contributed by atoms with E-state index in [1.165, 1.54) is 37.7 Å². The van der Waals surface area contributed by atoms with Gasteiger partial charge in [-0.1, -0.05) is 62.0 Å². The second kappa shape index (κ2) is 9.66. The van der Waals surface area contributed by atoms with Crippen molar-refractivity contribution < 1.29 is 4.52 Å². The largest absolute Gasteiger partial charge is 0.334 e. The SMILES string of the molecule is CCCCCCCc1ccc(C=Cc2nc(-c3ccncc3)no2)cc1. The van der Waals surface area contributed by atoms with Crippen LogP contribution < -0.4 is 0 Å². The van der Waals surface area contributed by atoms with Crippen LogP contribution in [0.5, 0.6) is 0 Å². The number of aryl methyl sites for hydroxylation is 1. The van der Waals surface area contributed by atoms with Gasteiger partial charge in [-0.25, -0.2) is 0 Å². The standard InChI is InChI=1S/C22H25N3O/c1-2-3-4-5-6-7-18-8-10-19(11-9-18)12-13-21-24-22(25-26-21)20-14-16-23-17-15-20/h8-17H,2-7H2,1H3. The van der Waals surface area contributed by atoms with E-state index in [1.807, 2.05) is 24.3 Å². The molecule has 0 aliphatic rings. The summed E-state index contributed by atoms with van der Waals surface area (Å²) in [5.74, 6) is 1.07. The van der Waals surface area contributed by atoms with Crippen LogP contribution >= 0.6 is 0 Å². The summed E-state index contributed by atoms with van der Waals surface area (Å²) in [6.45, 7) is 2.25. The molecule has 0 bridgehead atoms. The lowest BCUT2D eigenvalue weighted by Crippen LogP contribution is -1.86. The molecule has 0 amide bonds. The lowest BCUT2D eigenvalue weighted by molar-refractivity contribution is 0.411. The van der Waals surface area contributed by atoms with Gasteiger partial charge in [0.25, 0.3) is 5.89 Å².